The Morgan fingerprint density at radius 2 is 1.92 bits per heavy atom. The van der Waals surface area contributed by atoms with Gasteiger partial charge in [0.25, 0.3) is 0 Å². The van der Waals surface area contributed by atoms with Gasteiger partial charge >= 0.3 is 0 Å². The molecule has 0 spiro atoms. The van der Waals surface area contributed by atoms with Crippen molar-refractivity contribution in [2.45, 2.75) is 38.6 Å². The fourth-order valence-corrected chi connectivity index (χ4v) is 2.75. The molecule has 1 aromatic rings. The standard InChI is InChI=1S/C9H15N3S/c10-6-9-12-11-8(13-9)5-7-3-1-2-4-7/h7H,1-6,10H2. The smallest absolute Gasteiger partial charge is 0.131 e. The summed E-state index contributed by atoms with van der Waals surface area (Å²) in [7, 11) is 0. The van der Waals surface area contributed by atoms with Crippen molar-refractivity contribution < 1.29 is 0 Å². The van der Waals surface area contributed by atoms with E-state index in [4.69, 9.17) is 5.73 Å². The largest absolute Gasteiger partial charge is 0.324 e. The molecule has 1 heterocycles. The third-order valence-electron chi connectivity index (χ3n) is 2.62. The second-order valence-electron chi connectivity index (χ2n) is 3.65. The molecule has 0 saturated heterocycles. The van der Waals surface area contributed by atoms with Gasteiger partial charge in [-0.15, -0.1) is 21.5 Å². The van der Waals surface area contributed by atoms with Gasteiger partial charge in [-0.3, -0.25) is 0 Å². The van der Waals surface area contributed by atoms with Crippen molar-refractivity contribution in [1.82, 2.24) is 10.2 Å². The lowest BCUT2D eigenvalue weighted by Gasteiger charge is -2.03. The second kappa shape index (κ2) is 4.15. The maximum Gasteiger partial charge on any atom is 0.131 e. The summed E-state index contributed by atoms with van der Waals surface area (Å²) in [5, 5.41) is 10.3. The Hall–Kier alpha value is -0.480. The molecule has 0 atom stereocenters. The Balaban J connectivity index is 1.92. The highest BCUT2D eigenvalue weighted by Gasteiger charge is 2.17. The average molecular weight is 197 g/mol. The molecule has 0 unspecified atom stereocenters. The lowest BCUT2D eigenvalue weighted by atomic mass is 10.1. The van der Waals surface area contributed by atoms with Crippen LogP contribution in [0.2, 0.25) is 0 Å². The van der Waals surface area contributed by atoms with Crippen LogP contribution in [0.1, 0.15) is 35.7 Å². The van der Waals surface area contributed by atoms with Crippen LogP contribution < -0.4 is 5.73 Å². The van der Waals surface area contributed by atoms with E-state index in [2.05, 4.69) is 10.2 Å². The van der Waals surface area contributed by atoms with E-state index in [1.807, 2.05) is 0 Å². The van der Waals surface area contributed by atoms with Gasteiger partial charge in [-0.05, 0) is 5.92 Å². The highest BCUT2D eigenvalue weighted by atomic mass is 32.1. The van der Waals surface area contributed by atoms with Gasteiger partial charge in [-0.2, -0.15) is 0 Å². The molecule has 1 aliphatic rings. The van der Waals surface area contributed by atoms with Crippen molar-refractivity contribution in [2.24, 2.45) is 11.7 Å². The van der Waals surface area contributed by atoms with Crippen molar-refractivity contribution in [2.75, 3.05) is 0 Å². The number of hydrogen-bond acceptors (Lipinski definition) is 4. The van der Waals surface area contributed by atoms with Crippen LogP contribution in [0.3, 0.4) is 0 Å². The van der Waals surface area contributed by atoms with Crippen LogP contribution in [-0.4, -0.2) is 10.2 Å². The van der Waals surface area contributed by atoms with Gasteiger partial charge in [0.1, 0.15) is 10.0 Å². The van der Waals surface area contributed by atoms with E-state index in [0.717, 1.165) is 17.3 Å². The van der Waals surface area contributed by atoms with E-state index in [1.165, 1.54) is 30.7 Å². The minimum absolute atomic E-state index is 0.530. The molecule has 0 aliphatic heterocycles. The maximum absolute atomic E-state index is 5.48. The van der Waals surface area contributed by atoms with Gasteiger partial charge < -0.3 is 5.73 Å². The molecule has 0 bridgehead atoms. The number of hydrogen-bond donors (Lipinski definition) is 1. The number of rotatable bonds is 3. The first-order valence-corrected chi connectivity index (χ1v) is 5.71. The van der Waals surface area contributed by atoms with Gasteiger partial charge in [-0.25, -0.2) is 0 Å². The molecule has 0 radical (unpaired) electrons. The molecule has 1 aromatic heterocycles. The van der Waals surface area contributed by atoms with Crippen LogP contribution in [0, 0.1) is 5.92 Å². The zero-order chi connectivity index (χ0) is 9.10. The predicted octanol–water partition coefficient (Wildman–Crippen LogP) is 1.73. The predicted molar refractivity (Wildman–Crippen MR) is 53.5 cm³/mol. The summed E-state index contributed by atoms with van der Waals surface area (Å²) in [6.07, 6.45) is 6.66. The summed E-state index contributed by atoms with van der Waals surface area (Å²) in [6.45, 7) is 0.530. The van der Waals surface area contributed by atoms with E-state index in [9.17, 15) is 0 Å². The normalized spacial score (nSPS) is 18.2. The summed E-state index contributed by atoms with van der Waals surface area (Å²) in [6, 6.07) is 0. The van der Waals surface area contributed by atoms with Crippen molar-refractivity contribution in [1.29, 1.82) is 0 Å². The van der Waals surface area contributed by atoms with Crippen LogP contribution in [0.5, 0.6) is 0 Å². The number of nitrogens with two attached hydrogens (primary N) is 1. The molecule has 0 aromatic carbocycles. The Morgan fingerprint density at radius 1 is 1.23 bits per heavy atom. The Morgan fingerprint density at radius 3 is 2.54 bits per heavy atom. The highest BCUT2D eigenvalue weighted by molar-refractivity contribution is 7.11. The summed E-state index contributed by atoms with van der Waals surface area (Å²) in [5.41, 5.74) is 5.48. The van der Waals surface area contributed by atoms with Gasteiger partial charge in [0, 0.05) is 13.0 Å². The van der Waals surface area contributed by atoms with E-state index in [1.54, 1.807) is 11.3 Å². The lowest BCUT2D eigenvalue weighted by molar-refractivity contribution is 0.542. The first-order valence-electron chi connectivity index (χ1n) is 4.90. The SMILES string of the molecule is NCc1nnc(CC2CCCC2)s1. The monoisotopic (exact) mass is 197 g/mol. The summed E-state index contributed by atoms with van der Waals surface area (Å²) < 4.78 is 0. The van der Waals surface area contributed by atoms with E-state index in [0.29, 0.717) is 6.54 Å². The molecule has 1 saturated carbocycles. The number of nitrogens with zero attached hydrogens (tertiary/aromatic N) is 2. The summed E-state index contributed by atoms with van der Waals surface area (Å²) >= 11 is 1.67. The van der Waals surface area contributed by atoms with Crippen LogP contribution in [0.4, 0.5) is 0 Å². The summed E-state index contributed by atoms with van der Waals surface area (Å²) in [5.74, 6) is 0.860. The third kappa shape index (κ3) is 2.25. The van der Waals surface area contributed by atoms with Crippen LogP contribution in [-0.2, 0) is 13.0 Å². The van der Waals surface area contributed by atoms with Gasteiger partial charge in [0.15, 0.2) is 0 Å². The minimum Gasteiger partial charge on any atom is -0.324 e. The van der Waals surface area contributed by atoms with Crippen LogP contribution >= 0.6 is 11.3 Å². The van der Waals surface area contributed by atoms with Crippen molar-refractivity contribution >= 4 is 11.3 Å². The molecule has 2 rings (SSSR count). The van der Waals surface area contributed by atoms with E-state index >= 15 is 0 Å². The molecule has 3 nitrogen and oxygen atoms in total. The van der Waals surface area contributed by atoms with Gasteiger partial charge in [-0.1, -0.05) is 25.7 Å². The fourth-order valence-electron chi connectivity index (χ4n) is 1.91. The van der Waals surface area contributed by atoms with Crippen molar-refractivity contribution in [3.63, 3.8) is 0 Å². The zero-order valence-electron chi connectivity index (χ0n) is 7.70. The van der Waals surface area contributed by atoms with Crippen molar-refractivity contribution in [3.05, 3.63) is 10.0 Å². The Kier molecular flexibility index (Phi) is 2.90. The topological polar surface area (TPSA) is 51.8 Å². The highest BCUT2D eigenvalue weighted by Crippen LogP contribution is 2.28. The fraction of sp³-hybridized carbons (Fsp3) is 0.778. The molecule has 1 aliphatic carbocycles. The molecule has 0 amide bonds. The number of aromatic nitrogens is 2. The zero-order valence-corrected chi connectivity index (χ0v) is 8.52. The summed E-state index contributed by atoms with van der Waals surface area (Å²) in [4.78, 5) is 0. The first-order chi connectivity index (χ1) is 6.38. The molecule has 13 heavy (non-hydrogen) atoms. The molecule has 2 N–H and O–H groups in total. The van der Waals surface area contributed by atoms with Gasteiger partial charge in [0.2, 0.25) is 0 Å². The lowest BCUT2D eigenvalue weighted by Crippen LogP contribution is -1.97. The Bertz CT molecular complexity index is 266. The molecule has 72 valence electrons. The van der Waals surface area contributed by atoms with Crippen LogP contribution in [0.15, 0.2) is 0 Å². The van der Waals surface area contributed by atoms with E-state index < -0.39 is 0 Å². The quantitative estimate of drug-likeness (QED) is 0.803. The van der Waals surface area contributed by atoms with Crippen molar-refractivity contribution in [3.8, 4) is 0 Å². The third-order valence-corrected chi connectivity index (χ3v) is 3.59. The average Bonchev–Trinajstić information content (AvgIpc) is 2.76. The first kappa shape index (κ1) is 9.09. The van der Waals surface area contributed by atoms with Gasteiger partial charge in [0.05, 0.1) is 0 Å². The maximum atomic E-state index is 5.48. The molecular formula is C9H15N3S. The molecule has 1 fully saturated rings. The van der Waals surface area contributed by atoms with E-state index in [-0.39, 0.29) is 0 Å². The van der Waals surface area contributed by atoms with Crippen LogP contribution in [0.25, 0.3) is 0 Å². The minimum atomic E-state index is 0.530. The second-order valence-corrected chi connectivity index (χ2v) is 4.79. The Labute approximate surface area is 82.4 Å². The molecule has 4 heteroatoms. The molecular weight excluding hydrogens is 182 g/mol.